The molecular weight excluding hydrogens is 238 g/mol. The zero-order valence-corrected chi connectivity index (χ0v) is 9.84. The molecule has 5 heteroatoms. The first-order valence-corrected chi connectivity index (χ1v) is 5.47. The van der Waals surface area contributed by atoms with Gasteiger partial charge in [0.2, 0.25) is 0 Å². The lowest BCUT2D eigenvalue weighted by Crippen LogP contribution is -1.82. The number of aromatic nitrogens is 2. The molecule has 3 aromatic rings. The maximum absolute atomic E-state index is 13.1. The van der Waals surface area contributed by atoms with E-state index in [2.05, 4.69) is 9.97 Å². The number of hydrogen-bond donors (Lipinski definition) is 1. The van der Waals surface area contributed by atoms with Crippen LogP contribution in [0.4, 0.5) is 8.78 Å². The van der Waals surface area contributed by atoms with Crippen molar-refractivity contribution in [1.82, 2.24) is 9.97 Å². The van der Waals surface area contributed by atoms with E-state index in [9.17, 15) is 8.78 Å². The van der Waals surface area contributed by atoms with Gasteiger partial charge in [0, 0.05) is 12.1 Å². The molecular formula is C13H10F2N2O. The third-order valence-electron chi connectivity index (χ3n) is 2.82. The minimum Gasteiger partial charge on any atom is -0.466 e. The third-order valence-corrected chi connectivity index (χ3v) is 2.82. The fourth-order valence-electron chi connectivity index (χ4n) is 2.00. The normalized spacial score (nSPS) is 11.3. The minimum absolute atomic E-state index is 0.391. The van der Waals surface area contributed by atoms with E-state index in [-0.39, 0.29) is 0 Å². The second kappa shape index (κ2) is 3.66. The van der Waals surface area contributed by atoms with Gasteiger partial charge in [0.25, 0.3) is 0 Å². The van der Waals surface area contributed by atoms with Gasteiger partial charge >= 0.3 is 0 Å². The number of nitrogens with zero attached hydrogens (tertiary/aromatic N) is 1. The molecule has 0 spiro atoms. The highest BCUT2D eigenvalue weighted by Crippen LogP contribution is 2.27. The molecule has 92 valence electrons. The Kier molecular flexibility index (Phi) is 2.23. The molecule has 0 amide bonds. The summed E-state index contributed by atoms with van der Waals surface area (Å²) >= 11 is 0. The van der Waals surface area contributed by atoms with E-state index >= 15 is 0 Å². The van der Waals surface area contributed by atoms with E-state index < -0.39 is 11.6 Å². The van der Waals surface area contributed by atoms with Gasteiger partial charge in [0.05, 0.1) is 16.6 Å². The highest BCUT2D eigenvalue weighted by Gasteiger charge is 2.13. The average Bonchev–Trinajstić information content (AvgIpc) is 2.82. The fourth-order valence-corrected chi connectivity index (χ4v) is 2.00. The van der Waals surface area contributed by atoms with Crippen LogP contribution in [0, 0.1) is 25.5 Å². The molecule has 0 saturated carbocycles. The van der Waals surface area contributed by atoms with Crippen molar-refractivity contribution in [2.45, 2.75) is 13.8 Å². The second-order valence-corrected chi connectivity index (χ2v) is 4.20. The highest BCUT2D eigenvalue weighted by molar-refractivity contribution is 5.79. The van der Waals surface area contributed by atoms with E-state index in [1.54, 1.807) is 0 Å². The lowest BCUT2D eigenvalue weighted by atomic mass is 10.2. The van der Waals surface area contributed by atoms with Crippen LogP contribution in [0.25, 0.3) is 22.4 Å². The number of nitrogens with one attached hydrogen (secondary N) is 1. The van der Waals surface area contributed by atoms with E-state index in [4.69, 9.17) is 4.42 Å². The summed E-state index contributed by atoms with van der Waals surface area (Å²) in [7, 11) is 0. The van der Waals surface area contributed by atoms with Crippen LogP contribution in [0.15, 0.2) is 22.6 Å². The number of hydrogen-bond acceptors (Lipinski definition) is 2. The SMILES string of the molecule is Cc1cc(-c2nc3cc(F)c(F)cc3[nH]2)c(C)o1. The van der Waals surface area contributed by atoms with E-state index in [1.165, 1.54) is 0 Å². The van der Waals surface area contributed by atoms with Gasteiger partial charge in [0.1, 0.15) is 17.3 Å². The summed E-state index contributed by atoms with van der Waals surface area (Å²) in [6.45, 7) is 3.65. The molecule has 0 fully saturated rings. The van der Waals surface area contributed by atoms with Gasteiger partial charge in [-0.1, -0.05) is 0 Å². The Labute approximate surface area is 101 Å². The Balaban J connectivity index is 2.22. The summed E-state index contributed by atoms with van der Waals surface area (Å²) in [5.41, 5.74) is 1.65. The Hall–Kier alpha value is -2.17. The number of furan rings is 1. The van der Waals surface area contributed by atoms with Crippen molar-refractivity contribution in [1.29, 1.82) is 0 Å². The molecule has 0 aliphatic carbocycles. The average molecular weight is 248 g/mol. The number of aromatic amines is 1. The molecule has 1 N–H and O–H groups in total. The Bertz CT molecular complexity index is 704. The van der Waals surface area contributed by atoms with Gasteiger partial charge in [-0.3, -0.25) is 0 Å². The van der Waals surface area contributed by atoms with Crippen molar-refractivity contribution in [2.24, 2.45) is 0 Å². The number of aryl methyl sites for hydroxylation is 2. The largest absolute Gasteiger partial charge is 0.466 e. The maximum Gasteiger partial charge on any atom is 0.161 e. The smallest absolute Gasteiger partial charge is 0.161 e. The van der Waals surface area contributed by atoms with Gasteiger partial charge < -0.3 is 9.40 Å². The Morgan fingerprint density at radius 1 is 1.11 bits per heavy atom. The van der Waals surface area contributed by atoms with Crippen LogP contribution in [0.2, 0.25) is 0 Å². The van der Waals surface area contributed by atoms with E-state index in [0.717, 1.165) is 23.5 Å². The summed E-state index contributed by atoms with van der Waals surface area (Å²) in [4.78, 5) is 7.19. The predicted octanol–water partition coefficient (Wildman–Crippen LogP) is 3.72. The monoisotopic (exact) mass is 248 g/mol. The van der Waals surface area contributed by atoms with Crippen LogP contribution in [-0.2, 0) is 0 Å². The number of imidazole rings is 1. The number of rotatable bonds is 1. The minimum atomic E-state index is -0.902. The summed E-state index contributed by atoms with van der Waals surface area (Å²) < 4.78 is 31.6. The van der Waals surface area contributed by atoms with Gasteiger partial charge in [-0.05, 0) is 19.9 Å². The van der Waals surface area contributed by atoms with Crippen molar-refractivity contribution >= 4 is 11.0 Å². The van der Waals surface area contributed by atoms with Crippen molar-refractivity contribution in [3.05, 3.63) is 41.4 Å². The zero-order valence-electron chi connectivity index (χ0n) is 9.84. The van der Waals surface area contributed by atoms with Gasteiger partial charge in [-0.25, -0.2) is 13.8 Å². The molecule has 0 aliphatic heterocycles. The molecule has 0 saturated heterocycles. The summed E-state index contributed by atoms with van der Waals surface area (Å²) in [5, 5.41) is 0. The molecule has 18 heavy (non-hydrogen) atoms. The van der Waals surface area contributed by atoms with Crippen LogP contribution in [0.1, 0.15) is 11.5 Å². The molecule has 3 rings (SSSR count). The van der Waals surface area contributed by atoms with Crippen molar-refractivity contribution < 1.29 is 13.2 Å². The number of halogens is 2. The summed E-state index contributed by atoms with van der Waals surface area (Å²) in [6.07, 6.45) is 0. The third kappa shape index (κ3) is 1.59. The second-order valence-electron chi connectivity index (χ2n) is 4.20. The molecule has 0 atom stereocenters. The van der Waals surface area contributed by atoms with Gasteiger partial charge in [0.15, 0.2) is 11.6 Å². The molecule has 0 unspecified atom stereocenters. The Morgan fingerprint density at radius 3 is 2.50 bits per heavy atom. The van der Waals surface area contributed by atoms with E-state index in [0.29, 0.717) is 22.6 Å². The first kappa shape index (κ1) is 11.0. The van der Waals surface area contributed by atoms with Crippen LogP contribution < -0.4 is 0 Å². The molecule has 3 nitrogen and oxygen atoms in total. The predicted molar refractivity (Wildman–Crippen MR) is 63.2 cm³/mol. The number of fused-ring (bicyclic) bond motifs is 1. The van der Waals surface area contributed by atoms with Gasteiger partial charge in [-0.2, -0.15) is 0 Å². The molecule has 1 aromatic carbocycles. The highest BCUT2D eigenvalue weighted by atomic mass is 19.2. The lowest BCUT2D eigenvalue weighted by molar-refractivity contribution is 0.505. The molecule has 0 aliphatic rings. The van der Waals surface area contributed by atoms with Crippen molar-refractivity contribution in [3.63, 3.8) is 0 Å². The maximum atomic E-state index is 13.1. The fraction of sp³-hybridized carbons (Fsp3) is 0.154. The molecule has 2 heterocycles. The first-order valence-electron chi connectivity index (χ1n) is 5.47. The molecule has 0 radical (unpaired) electrons. The van der Waals surface area contributed by atoms with Gasteiger partial charge in [-0.15, -0.1) is 0 Å². The zero-order chi connectivity index (χ0) is 12.9. The quantitative estimate of drug-likeness (QED) is 0.713. The van der Waals surface area contributed by atoms with Crippen molar-refractivity contribution in [2.75, 3.05) is 0 Å². The summed E-state index contributed by atoms with van der Waals surface area (Å²) in [6, 6.07) is 4.01. The van der Waals surface area contributed by atoms with E-state index in [1.807, 2.05) is 19.9 Å². The topological polar surface area (TPSA) is 41.8 Å². The number of benzene rings is 1. The van der Waals surface area contributed by atoms with Crippen LogP contribution in [0.5, 0.6) is 0 Å². The van der Waals surface area contributed by atoms with Crippen molar-refractivity contribution in [3.8, 4) is 11.4 Å². The lowest BCUT2D eigenvalue weighted by Gasteiger charge is -1.91. The number of H-pyrrole nitrogens is 1. The van der Waals surface area contributed by atoms with Crippen LogP contribution in [0.3, 0.4) is 0 Å². The standard InChI is InChI=1S/C13H10F2N2O/c1-6-3-8(7(2)18-6)13-16-11-4-9(14)10(15)5-12(11)17-13/h3-5H,1-2H3,(H,16,17). The molecule has 0 bridgehead atoms. The summed E-state index contributed by atoms with van der Waals surface area (Å²) in [5.74, 6) is 0.232. The first-order chi connectivity index (χ1) is 8.54. The molecule has 2 aromatic heterocycles. The Morgan fingerprint density at radius 2 is 1.83 bits per heavy atom. The van der Waals surface area contributed by atoms with Crippen LogP contribution in [-0.4, -0.2) is 9.97 Å². The van der Waals surface area contributed by atoms with Crippen LogP contribution >= 0.6 is 0 Å².